The number of nitrogens with zero attached hydrogens (tertiary/aromatic N) is 2. The number of carbonyl (C=O) groups excluding carboxylic acids is 1. The summed E-state index contributed by atoms with van der Waals surface area (Å²) in [4.78, 5) is 15.7. The maximum absolute atomic E-state index is 13.4. The van der Waals surface area contributed by atoms with Crippen molar-refractivity contribution >= 4 is 5.97 Å². The molecule has 26 heavy (non-hydrogen) atoms. The predicted molar refractivity (Wildman–Crippen MR) is 102 cm³/mol. The number of ether oxygens (including phenoxy) is 1. The molecule has 0 N–H and O–H groups in total. The molecule has 0 radical (unpaired) electrons. The van der Waals surface area contributed by atoms with Crippen molar-refractivity contribution in [2.24, 2.45) is 11.8 Å². The van der Waals surface area contributed by atoms with Gasteiger partial charge in [-0.25, -0.2) is 0 Å². The number of hydrogen-bond acceptors (Lipinski definition) is 4. The Morgan fingerprint density at radius 3 is 2.46 bits per heavy atom. The summed E-state index contributed by atoms with van der Waals surface area (Å²) in [7, 11) is 2.12. The SMILES string of the molecule is CC1CN(C)CCC1OC(=O)C(C)(c1ccc(C#N)cc1)C1CCCC1. The van der Waals surface area contributed by atoms with E-state index in [1.807, 2.05) is 31.2 Å². The highest BCUT2D eigenvalue weighted by molar-refractivity contribution is 5.83. The van der Waals surface area contributed by atoms with Crippen molar-refractivity contribution < 1.29 is 9.53 Å². The van der Waals surface area contributed by atoms with Crippen LogP contribution in [-0.2, 0) is 14.9 Å². The van der Waals surface area contributed by atoms with Crippen LogP contribution in [0.15, 0.2) is 24.3 Å². The van der Waals surface area contributed by atoms with Gasteiger partial charge in [-0.15, -0.1) is 0 Å². The summed E-state index contributed by atoms with van der Waals surface area (Å²) in [6.07, 6.45) is 5.38. The van der Waals surface area contributed by atoms with Crippen molar-refractivity contribution in [3.8, 4) is 6.07 Å². The summed E-state index contributed by atoms with van der Waals surface area (Å²) in [5.74, 6) is 0.575. The first-order chi connectivity index (χ1) is 12.4. The Bertz CT molecular complexity index is 672. The Morgan fingerprint density at radius 2 is 1.88 bits per heavy atom. The lowest BCUT2D eigenvalue weighted by molar-refractivity contribution is -0.163. The Hall–Kier alpha value is -1.86. The lowest BCUT2D eigenvalue weighted by Gasteiger charge is -2.39. The Balaban J connectivity index is 1.85. The van der Waals surface area contributed by atoms with Gasteiger partial charge >= 0.3 is 5.97 Å². The quantitative estimate of drug-likeness (QED) is 0.770. The van der Waals surface area contributed by atoms with Crippen molar-refractivity contribution in [2.75, 3.05) is 20.1 Å². The molecule has 1 aromatic rings. The molecule has 1 aliphatic heterocycles. The van der Waals surface area contributed by atoms with Crippen LogP contribution >= 0.6 is 0 Å². The number of hydrogen-bond donors (Lipinski definition) is 0. The molecular weight excluding hydrogens is 324 g/mol. The fraction of sp³-hybridized carbons (Fsp3) is 0.636. The van der Waals surface area contributed by atoms with E-state index in [0.717, 1.165) is 37.9 Å². The first-order valence-corrected chi connectivity index (χ1v) is 9.85. The van der Waals surface area contributed by atoms with Crippen LogP contribution in [0.3, 0.4) is 0 Å². The molecule has 140 valence electrons. The number of benzene rings is 1. The summed E-state index contributed by atoms with van der Waals surface area (Å²) < 4.78 is 6.11. The first-order valence-electron chi connectivity index (χ1n) is 9.85. The standard InChI is InChI=1S/C22H30N2O2/c1-16-15-24(3)13-12-20(16)26-21(25)22(2,18-6-4-5-7-18)19-10-8-17(14-23)9-11-19/h8-11,16,18,20H,4-7,12-13,15H2,1-3H3. The van der Waals surface area contributed by atoms with Crippen LogP contribution in [0.4, 0.5) is 0 Å². The minimum Gasteiger partial charge on any atom is -0.461 e. The van der Waals surface area contributed by atoms with E-state index in [9.17, 15) is 4.79 Å². The van der Waals surface area contributed by atoms with Crippen molar-refractivity contribution in [2.45, 2.75) is 57.5 Å². The third kappa shape index (κ3) is 3.64. The van der Waals surface area contributed by atoms with Gasteiger partial charge in [0, 0.05) is 19.0 Å². The number of piperidine rings is 1. The summed E-state index contributed by atoms with van der Waals surface area (Å²) >= 11 is 0. The molecule has 1 saturated carbocycles. The van der Waals surface area contributed by atoms with Crippen molar-refractivity contribution in [1.82, 2.24) is 4.90 Å². The van der Waals surface area contributed by atoms with Crippen LogP contribution in [0.2, 0.25) is 0 Å². The minimum atomic E-state index is -0.631. The van der Waals surface area contributed by atoms with Gasteiger partial charge in [0.15, 0.2) is 0 Å². The molecule has 0 spiro atoms. The van der Waals surface area contributed by atoms with Gasteiger partial charge in [-0.2, -0.15) is 5.26 Å². The van der Waals surface area contributed by atoms with Crippen LogP contribution in [0.1, 0.15) is 57.1 Å². The molecule has 1 heterocycles. The fourth-order valence-electron chi connectivity index (χ4n) is 4.68. The maximum atomic E-state index is 13.4. The van der Waals surface area contributed by atoms with Gasteiger partial charge in [-0.3, -0.25) is 4.79 Å². The van der Waals surface area contributed by atoms with E-state index in [1.165, 1.54) is 12.8 Å². The molecule has 1 aliphatic carbocycles. The largest absolute Gasteiger partial charge is 0.461 e. The maximum Gasteiger partial charge on any atom is 0.316 e. The van der Waals surface area contributed by atoms with E-state index in [1.54, 1.807) is 0 Å². The summed E-state index contributed by atoms with van der Waals surface area (Å²) in [5, 5.41) is 9.07. The third-order valence-corrected chi connectivity index (χ3v) is 6.50. The molecule has 3 rings (SSSR count). The lowest BCUT2D eigenvalue weighted by Crippen LogP contribution is -2.47. The van der Waals surface area contributed by atoms with Crippen molar-refractivity contribution in [1.29, 1.82) is 5.26 Å². The summed E-state index contributed by atoms with van der Waals surface area (Å²) in [6, 6.07) is 9.67. The van der Waals surface area contributed by atoms with Crippen LogP contribution in [0.25, 0.3) is 0 Å². The zero-order valence-corrected chi connectivity index (χ0v) is 16.2. The highest BCUT2D eigenvalue weighted by Crippen LogP contribution is 2.43. The Labute approximate surface area is 157 Å². The molecule has 1 aromatic carbocycles. The lowest BCUT2D eigenvalue weighted by atomic mass is 9.70. The minimum absolute atomic E-state index is 0.00203. The summed E-state index contributed by atoms with van der Waals surface area (Å²) in [6.45, 7) is 6.16. The Morgan fingerprint density at radius 1 is 1.23 bits per heavy atom. The van der Waals surface area contributed by atoms with Crippen LogP contribution in [-0.4, -0.2) is 37.1 Å². The number of carbonyl (C=O) groups is 1. The molecule has 3 atom stereocenters. The van der Waals surface area contributed by atoms with E-state index in [4.69, 9.17) is 10.00 Å². The van der Waals surface area contributed by atoms with Gasteiger partial charge in [0.1, 0.15) is 6.10 Å². The zero-order valence-electron chi connectivity index (χ0n) is 16.2. The van der Waals surface area contributed by atoms with Crippen LogP contribution in [0.5, 0.6) is 0 Å². The summed E-state index contributed by atoms with van der Waals surface area (Å²) in [5.41, 5.74) is 0.974. The van der Waals surface area contributed by atoms with Gasteiger partial charge in [-0.05, 0) is 56.8 Å². The van der Waals surface area contributed by atoms with E-state index >= 15 is 0 Å². The molecule has 4 heteroatoms. The molecule has 0 bridgehead atoms. The van der Waals surface area contributed by atoms with Crippen LogP contribution in [0, 0.1) is 23.2 Å². The van der Waals surface area contributed by atoms with Crippen molar-refractivity contribution in [3.63, 3.8) is 0 Å². The van der Waals surface area contributed by atoms with Gasteiger partial charge in [-0.1, -0.05) is 31.9 Å². The molecule has 1 saturated heterocycles. The highest BCUT2D eigenvalue weighted by Gasteiger charge is 2.46. The molecule has 4 nitrogen and oxygen atoms in total. The molecular formula is C22H30N2O2. The van der Waals surface area contributed by atoms with Gasteiger partial charge < -0.3 is 9.64 Å². The second-order valence-electron chi connectivity index (χ2n) is 8.34. The first kappa shape index (κ1) is 18.9. The van der Waals surface area contributed by atoms with E-state index in [0.29, 0.717) is 17.4 Å². The molecule has 0 amide bonds. The molecule has 0 aromatic heterocycles. The third-order valence-electron chi connectivity index (χ3n) is 6.50. The average molecular weight is 354 g/mol. The van der Waals surface area contributed by atoms with Crippen LogP contribution < -0.4 is 0 Å². The van der Waals surface area contributed by atoms with Gasteiger partial charge in [0.25, 0.3) is 0 Å². The number of esters is 1. The second kappa shape index (κ2) is 7.80. The fourth-order valence-corrected chi connectivity index (χ4v) is 4.68. The highest BCUT2D eigenvalue weighted by atomic mass is 16.5. The van der Waals surface area contributed by atoms with Gasteiger partial charge in [0.05, 0.1) is 17.0 Å². The normalized spacial score (nSPS) is 26.8. The monoisotopic (exact) mass is 354 g/mol. The van der Waals surface area contributed by atoms with E-state index in [-0.39, 0.29) is 12.1 Å². The number of nitriles is 1. The van der Waals surface area contributed by atoms with Gasteiger partial charge in [0.2, 0.25) is 0 Å². The van der Waals surface area contributed by atoms with E-state index in [2.05, 4.69) is 24.9 Å². The molecule has 2 fully saturated rings. The predicted octanol–water partition coefficient (Wildman–Crippen LogP) is 3.89. The topological polar surface area (TPSA) is 53.3 Å². The second-order valence-corrected chi connectivity index (χ2v) is 8.34. The smallest absolute Gasteiger partial charge is 0.316 e. The number of likely N-dealkylation sites (tertiary alicyclic amines) is 1. The molecule has 2 aliphatic rings. The Kier molecular flexibility index (Phi) is 5.67. The average Bonchev–Trinajstić information content (AvgIpc) is 3.18. The van der Waals surface area contributed by atoms with Crippen molar-refractivity contribution in [3.05, 3.63) is 35.4 Å². The zero-order chi connectivity index (χ0) is 18.7. The number of rotatable bonds is 4. The van der Waals surface area contributed by atoms with E-state index < -0.39 is 5.41 Å². The molecule has 3 unspecified atom stereocenters.